The Hall–Kier alpha value is -2.13. The van der Waals surface area contributed by atoms with Gasteiger partial charge in [-0.2, -0.15) is 0 Å². The molecule has 0 radical (unpaired) electrons. The fraction of sp³-hybridized carbons (Fsp3) is 0.188. The highest BCUT2D eigenvalue weighted by molar-refractivity contribution is 5.98. The molecule has 1 atom stereocenters. The number of carbonyl (C=O) groups excluding carboxylic acids is 1. The number of amides is 1. The zero-order valence-corrected chi connectivity index (χ0v) is 10.7. The summed E-state index contributed by atoms with van der Waals surface area (Å²) in [4.78, 5) is 17.5. The van der Waals surface area contributed by atoms with Crippen molar-refractivity contribution in [2.45, 2.75) is 12.5 Å². The Labute approximate surface area is 112 Å². The van der Waals surface area contributed by atoms with E-state index >= 15 is 0 Å². The van der Waals surface area contributed by atoms with Crippen LogP contribution < -0.4 is 0 Å². The van der Waals surface area contributed by atoms with E-state index in [2.05, 4.69) is 12.1 Å². The van der Waals surface area contributed by atoms with Crippen molar-refractivity contribution in [2.75, 3.05) is 7.11 Å². The highest BCUT2D eigenvalue weighted by Crippen LogP contribution is 2.35. The summed E-state index contributed by atoms with van der Waals surface area (Å²) in [6.07, 6.45) is 0.761. The van der Waals surface area contributed by atoms with Gasteiger partial charge in [0.05, 0.1) is 13.2 Å². The quantitative estimate of drug-likeness (QED) is 0.841. The third-order valence-corrected chi connectivity index (χ3v) is 3.50. The molecule has 1 unspecified atom stereocenters. The van der Waals surface area contributed by atoms with Gasteiger partial charge in [0.25, 0.3) is 5.91 Å². The van der Waals surface area contributed by atoms with E-state index in [0.29, 0.717) is 0 Å². The third kappa shape index (κ3) is 2.02. The van der Waals surface area contributed by atoms with Gasteiger partial charge in [-0.3, -0.25) is 9.63 Å². The third-order valence-electron chi connectivity index (χ3n) is 3.50. The zero-order valence-electron chi connectivity index (χ0n) is 10.7. The van der Waals surface area contributed by atoms with Crippen LogP contribution in [0.4, 0.5) is 0 Å². The normalized spacial score (nSPS) is 17.6. The molecule has 2 aromatic carbocycles. The number of hydrogen-bond donors (Lipinski definition) is 0. The van der Waals surface area contributed by atoms with Crippen molar-refractivity contribution in [3.05, 3.63) is 71.3 Å². The van der Waals surface area contributed by atoms with Crippen LogP contribution in [0.1, 0.15) is 27.5 Å². The maximum Gasteiger partial charge on any atom is 0.278 e. The van der Waals surface area contributed by atoms with Gasteiger partial charge in [-0.15, -0.1) is 0 Å². The maximum absolute atomic E-state index is 12.2. The topological polar surface area (TPSA) is 29.5 Å². The van der Waals surface area contributed by atoms with Gasteiger partial charge in [0.1, 0.15) is 0 Å². The first-order valence-corrected chi connectivity index (χ1v) is 6.32. The molecule has 0 saturated heterocycles. The molecule has 0 bridgehead atoms. The standard InChI is InChI=1S/C16H15NO2/c1-19-17-15(11-12-7-3-2-4-8-12)13-9-5-6-10-14(13)16(17)18/h2-10,15H,11H2,1H3. The van der Waals surface area contributed by atoms with Crippen LogP contribution in [0, 0.1) is 0 Å². The van der Waals surface area contributed by atoms with E-state index in [9.17, 15) is 4.79 Å². The van der Waals surface area contributed by atoms with Gasteiger partial charge in [0.2, 0.25) is 0 Å². The van der Waals surface area contributed by atoms with Gasteiger partial charge in [-0.1, -0.05) is 48.5 Å². The van der Waals surface area contributed by atoms with Gasteiger partial charge in [0, 0.05) is 5.56 Å². The van der Waals surface area contributed by atoms with E-state index < -0.39 is 0 Å². The largest absolute Gasteiger partial charge is 0.278 e. The molecule has 1 aliphatic rings. The van der Waals surface area contributed by atoms with Gasteiger partial charge < -0.3 is 0 Å². The molecule has 1 amide bonds. The molecule has 0 fully saturated rings. The lowest BCUT2D eigenvalue weighted by Gasteiger charge is -2.22. The van der Waals surface area contributed by atoms with Crippen molar-refractivity contribution in [1.82, 2.24) is 5.06 Å². The molecule has 96 valence electrons. The van der Waals surface area contributed by atoms with Crippen molar-refractivity contribution >= 4 is 5.91 Å². The average molecular weight is 253 g/mol. The Morgan fingerprint density at radius 2 is 1.74 bits per heavy atom. The second-order valence-electron chi connectivity index (χ2n) is 4.61. The number of nitrogens with zero attached hydrogens (tertiary/aromatic N) is 1. The molecule has 1 aliphatic heterocycles. The Balaban J connectivity index is 1.97. The number of hydrogen-bond acceptors (Lipinski definition) is 2. The van der Waals surface area contributed by atoms with Crippen LogP contribution in [0.3, 0.4) is 0 Å². The minimum absolute atomic E-state index is 0.0453. The molecule has 0 saturated carbocycles. The van der Waals surface area contributed by atoms with Crippen LogP contribution in [-0.4, -0.2) is 18.1 Å². The summed E-state index contributed by atoms with van der Waals surface area (Å²) in [5.41, 5.74) is 2.97. The lowest BCUT2D eigenvalue weighted by molar-refractivity contribution is -0.118. The van der Waals surface area contributed by atoms with Crippen molar-refractivity contribution in [1.29, 1.82) is 0 Å². The minimum atomic E-state index is -0.0565. The van der Waals surface area contributed by atoms with Crippen LogP contribution >= 0.6 is 0 Å². The Bertz CT molecular complexity index is 595. The maximum atomic E-state index is 12.2. The summed E-state index contributed by atoms with van der Waals surface area (Å²) < 4.78 is 0. The molecular weight excluding hydrogens is 238 g/mol. The molecule has 0 aliphatic carbocycles. The first-order chi connectivity index (χ1) is 9.31. The monoisotopic (exact) mass is 253 g/mol. The first kappa shape index (κ1) is 11.9. The lowest BCUT2D eigenvalue weighted by Crippen LogP contribution is -2.28. The molecular formula is C16H15NO2. The van der Waals surface area contributed by atoms with E-state index in [4.69, 9.17) is 4.84 Å². The highest BCUT2D eigenvalue weighted by Gasteiger charge is 2.36. The Kier molecular flexibility index (Phi) is 3.05. The lowest BCUT2D eigenvalue weighted by atomic mass is 9.99. The van der Waals surface area contributed by atoms with Crippen LogP contribution in [0.5, 0.6) is 0 Å². The fourth-order valence-electron chi connectivity index (χ4n) is 2.61. The summed E-state index contributed by atoms with van der Waals surface area (Å²) in [5, 5.41) is 1.47. The number of carbonyl (C=O) groups is 1. The number of fused-ring (bicyclic) bond motifs is 1. The molecule has 3 nitrogen and oxygen atoms in total. The van der Waals surface area contributed by atoms with Crippen LogP contribution in [-0.2, 0) is 11.3 Å². The SMILES string of the molecule is CON1C(=O)c2ccccc2C1Cc1ccccc1. The van der Waals surface area contributed by atoms with Crippen LogP contribution in [0.25, 0.3) is 0 Å². The molecule has 0 N–H and O–H groups in total. The van der Waals surface area contributed by atoms with Crippen molar-refractivity contribution in [2.24, 2.45) is 0 Å². The second-order valence-corrected chi connectivity index (χ2v) is 4.61. The smallest absolute Gasteiger partial charge is 0.273 e. The van der Waals surface area contributed by atoms with Gasteiger partial charge in [0.15, 0.2) is 0 Å². The van der Waals surface area contributed by atoms with E-state index in [-0.39, 0.29) is 11.9 Å². The van der Waals surface area contributed by atoms with Crippen LogP contribution in [0.15, 0.2) is 54.6 Å². The van der Waals surface area contributed by atoms with E-state index in [1.165, 1.54) is 10.6 Å². The van der Waals surface area contributed by atoms with Gasteiger partial charge >= 0.3 is 0 Å². The number of rotatable bonds is 3. The summed E-state index contributed by atoms with van der Waals surface area (Å²) >= 11 is 0. The van der Waals surface area contributed by atoms with Gasteiger partial charge in [-0.05, 0) is 23.6 Å². The molecule has 19 heavy (non-hydrogen) atoms. The number of benzene rings is 2. The summed E-state index contributed by atoms with van der Waals surface area (Å²) in [7, 11) is 1.54. The fourth-order valence-corrected chi connectivity index (χ4v) is 2.61. The van der Waals surface area contributed by atoms with E-state index in [1.54, 1.807) is 7.11 Å². The predicted molar refractivity (Wildman–Crippen MR) is 72.5 cm³/mol. The molecule has 3 heteroatoms. The molecule has 3 rings (SSSR count). The summed E-state index contributed by atoms with van der Waals surface area (Å²) in [6, 6.07) is 17.8. The minimum Gasteiger partial charge on any atom is -0.273 e. The molecule has 0 aromatic heterocycles. The highest BCUT2D eigenvalue weighted by atomic mass is 16.7. The van der Waals surface area contributed by atoms with E-state index in [1.807, 2.05) is 42.5 Å². The number of hydroxylamine groups is 2. The Morgan fingerprint density at radius 3 is 2.47 bits per heavy atom. The first-order valence-electron chi connectivity index (χ1n) is 6.32. The summed E-state index contributed by atoms with van der Waals surface area (Å²) in [6.45, 7) is 0. The van der Waals surface area contributed by atoms with Crippen LogP contribution in [0.2, 0.25) is 0 Å². The van der Waals surface area contributed by atoms with Crippen molar-refractivity contribution < 1.29 is 9.63 Å². The predicted octanol–water partition coefficient (Wildman–Crippen LogP) is 2.99. The summed E-state index contributed by atoms with van der Waals surface area (Å²) in [5.74, 6) is -0.0565. The molecule has 0 spiro atoms. The zero-order chi connectivity index (χ0) is 13.2. The van der Waals surface area contributed by atoms with Gasteiger partial charge in [-0.25, -0.2) is 5.06 Å². The second kappa shape index (κ2) is 4.86. The molecule has 1 heterocycles. The van der Waals surface area contributed by atoms with Crippen molar-refractivity contribution in [3.63, 3.8) is 0 Å². The Morgan fingerprint density at radius 1 is 1.05 bits per heavy atom. The molecule has 2 aromatic rings. The van der Waals surface area contributed by atoms with E-state index in [0.717, 1.165) is 17.5 Å². The average Bonchev–Trinajstić information content (AvgIpc) is 2.73. The van der Waals surface area contributed by atoms with Crippen molar-refractivity contribution in [3.8, 4) is 0 Å².